The lowest BCUT2D eigenvalue weighted by molar-refractivity contribution is 0.312. The van der Waals surface area contributed by atoms with E-state index in [0.717, 1.165) is 18.4 Å². The van der Waals surface area contributed by atoms with Crippen LogP contribution in [0.1, 0.15) is 39.0 Å². The van der Waals surface area contributed by atoms with Gasteiger partial charge in [-0.25, -0.2) is 0 Å². The molecular weight excluding hydrogens is 158 g/mol. The Labute approximate surface area is 79.8 Å². The first-order valence-corrected chi connectivity index (χ1v) is 5.06. The van der Waals surface area contributed by atoms with E-state index in [4.69, 9.17) is 5.26 Å². The zero-order valence-corrected chi connectivity index (χ0v) is 8.14. The average Bonchev–Trinajstić information content (AvgIpc) is 2.16. The molecule has 0 aromatic carbocycles. The van der Waals surface area contributed by atoms with Crippen molar-refractivity contribution < 1.29 is 0 Å². The Morgan fingerprint density at radius 3 is 3.08 bits per heavy atom. The van der Waals surface area contributed by atoms with Crippen LogP contribution in [0.25, 0.3) is 0 Å². The molecule has 2 rings (SSSR count). The van der Waals surface area contributed by atoms with Crippen LogP contribution in [0.4, 0.5) is 0 Å². The summed E-state index contributed by atoms with van der Waals surface area (Å²) in [6, 6.07) is 2.27. The van der Waals surface area contributed by atoms with Gasteiger partial charge in [0.1, 0.15) is 0 Å². The van der Waals surface area contributed by atoms with Crippen LogP contribution < -0.4 is 0 Å². The van der Waals surface area contributed by atoms with Crippen molar-refractivity contribution in [3.05, 3.63) is 23.3 Å². The van der Waals surface area contributed by atoms with Crippen molar-refractivity contribution in [2.75, 3.05) is 0 Å². The van der Waals surface area contributed by atoms with E-state index in [2.05, 4.69) is 25.1 Å². The first-order chi connectivity index (χ1) is 6.24. The maximum absolute atomic E-state index is 8.82. The predicted molar refractivity (Wildman–Crippen MR) is 53.0 cm³/mol. The van der Waals surface area contributed by atoms with Gasteiger partial charge in [-0.1, -0.05) is 13.0 Å². The highest BCUT2D eigenvalue weighted by Gasteiger charge is 2.32. The van der Waals surface area contributed by atoms with E-state index < -0.39 is 0 Å². The Bertz CT molecular complexity index is 317. The molecule has 1 nitrogen and oxygen atoms in total. The molecule has 0 spiro atoms. The maximum Gasteiger partial charge on any atom is 0.0947 e. The van der Waals surface area contributed by atoms with Crippen LogP contribution in [-0.2, 0) is 0 Å². The molecule has 0 radical (unpaired) electrons. The molecule has 0 amide bonds. The molecular formula is C12H15N. The number of nitriles is 1. The quantitative estimate of drug-likeness (QED) is 0.551. The van der Waals surface area contributed by atoms with Gasteiger partial charge >= 0.3 is 0 Å². The Morgan fingerprint density at radius 2 is 2.31 bits per heavy atom. The molecule has 0 aromatic heterocycles. The van der Waals surface area contributed by atoms with E-state index >= 15 is 0 Å². The van der Waals surface area contributed by atoms with Gasteiger partial charge in [0.05, 0.1) is 6.07 Å². The zero-order valence-electron chi connectivity index (χ0n) is 8.14. The standard InChI is InChI=1S/C12H15N/c1-12-6-3-2-4-11(12)8-10(9-13)5-7-12/h4,8H,2-3,5-7H2,1H3. The lowest BCUT2D eigenvalue weighted by atomic mass is 9.67. The molecule has 0 N–H and O–H groups in total. The molecule has 0 saturated heterocycles. The van der Waals surface area contributed by atoms with E-state index in [1.54, 1.807) is 0 Å². The number of fused-ring (bicyclic) bond motifs is 1. The minimum absolute atomic E-state index is 0.387. The second-order valence-corrected chi connectivity index (χ2v) is 4.39. The van der Waals surface area contributed by atoms with Crippen molar-refractivity contribution in [1.82, 2.24) is 0 Å². The largest absolute Gasteiger partial charge is 0.193 e. The molecule has 0 saturated carbocycles. The third-order valence-corrected chi connectivity index (χ3v) is 3.41. The van der Waals surface area contributed by atoms with E-state index in [-0.39, 0.29) is 0 Å². The predicted octanol–water partition coefficient (Wildman–Crippen LogP) is 3.35. The second kappa shape index (κ2) is 3.03. The highest BCUT2D eigenvalue weighted by molar-refractivity contribution is 5.39. The fourth-order valence-electron chi connectivity index (χ4n) is 2.40. The van der Waals surface area contributed by atoms with Crippen LogP contribution in [0.15, 0.2) is 23.3 Å². The van der Waals surface area contributed by atoms with Gasteiger partial charge in [-0.2, -0.15) is 5.26 Å². The van der Waals surface area contributed by atoms with Gasteiger partial charge < -0.3 is 0 Å². The molecule has 0 aromatic rings. The Balaban J connectivity index is 2.36. The molecule has 13 heavy (non-hydrogen) atoms. The van der Waals surface area contributed by atoms with Crippen LogP contribution in [0.3, 0.4) is 0 Å². The van der Waals surface area contributed by atoms with Crippen molar-refractivity contribution in [3.63, 3.8) is 0 Å². The minimum atomic E-state index is 0.387. The summed E-state index contributed by atoms with van der Waals surface area (Å²) in [4.78, 5) is 0. The van der Waals surface area contributed by atoms with Gasteiger partial charge in [0.25, 0.3) is 0 Å². The van der Waals surface area contributed by atoms with Crippen molar-refractivity contribution >= 4 is 0 Å². The summed E-state index contributed by atoms with van der Waals surface area (Å²) in [5.41, 5.74) is 2.77. The summed E-state index contributed by atoms with van der Waals surface area (Å²) in [6.07, 6.45) is 10.4. The van der Waals surface area contributed by atoms with Crippen LogP contribution >= 0.6 is 0 Å². The Kier molecular flexibility index (Phi) is 2.00. The number of nitrogens with zero attached hydrogens (tertiary/aromatic N) is 1. The van der Waals surface area contributed by atoms with Gasteiger partial charge in [0.15, 0.2) is 0 Å². The monoisotopic (exact) mass is 173 g/mol. The van der Waals surface area contributed by atoms with E-state index in [9.17, 15) is 0 Å². The van der Waals surface area contributed by atoms with Crippen LogP contribution in [0.5, 0.6) is 0 Å². The Morgan fingerprint density at radius 1 is 1.46 bits per heavy atom. The molecule has 1 atom stereocenters. The third kappa shape index (κ3) is 1.42. The topological polar surface area (TPSA) is 23.8 Å². The smallest absolute Gasteiger partial charge is 0.0947 e. The molecule has 1 unspecified atom stereocenters. The van der Waals surface area contributed by atoms with Crippen LogP contribution in [-0.4, -0.2) is 0 Å². The van der Waals surface area contributed by atoms with E-state index in [1.165, 1.54) is 24.8 Å². The molecule has 2 aliphatic rings. The fourth-order valence-corrected chi connectivity index (χ4v) is 2.40. The van der Waals surface area contributed by atoms with Crippen molar-refractivity contribution in [1.29, 1.82) is 5.26 Å². The summed E-state index contributed by atoms with van der Waals surface area (Å²) in [5.74, 6) is 0. The molecule has 0 fully saturated rings. The average molecular weight is 173 g/mol. The Hall–Kier alpha value is -1.03. The van der Waals surface area contributed by atoms with Gasteiger partial charge in [0, 0.05) is 5.57 Å². The van der Waals surface area contributed by atoms with Crippen molar-refractivity contribution in [3.8, 4) is 6.07 Å². The van der Waals surface area contributed by atoms with Gasteiger partial charge in [-0.3, -0.25) is 0 Å². The third-order valence-electron chi connectivity index (χ3n) is 3.41. The zero-order chi connectivity index (χ0) is 9.31. The highest BCUT2D eigenvalue weighted by Crippen LogP contribution is 2.45. The molecule has 2 aliphatic carbocycles. The molecule has 1 heteroatoms. The van der Waals surface area contributed by atoms with Crippen molar-refractivity contribution in [2.45, 2.75) is 39.0 Å². The summed E-state index contributed by atoms with van der Waals surface area (Å²) < 4.78 is 0. The number of hydrogen-bond acceptors (Lipinski definition) is 1. The summed E-state index contributed by atoms with van der Waals surface area (Å²) in [6.45, 7) is 2.34. The first kappa shape index (κ1) is 8.56. The van der Waals surface area contributed by atoms with Gasteiger partial charge in [-0.15, -0.1) is 0 Å². The van der Waals surface area contributed by atoms with Crippen molar-refractivity contribution in [2.24, 2.45) is 5.41 Å². The second-order valence-electron chi connectivity index (χ2n) is 4.39. The van der Waals surface area contributed by atoms with E-state index in [1.807, 2.05) is 0 Å². The van der Waals surface area contributed by atoms with Crippen LogP contribution in [0, 0.1) is 16.7 Å². The summed E-state index contributed by atoms with van der Waals surface area (Å²) >= 11 is 0. The van der Waals surface area contributed by atoms with Gasteiger partial charge in [0.2, 0.25) is 0 Å². The maximum atomic E-state index is 8.82. The molecule has 0 aliphatic heterocycles. The SMILES string of the molecule is CC12CCCC=C1C=C(C#N)CC2. The number of rotatable bonds is 0. The lowest BCUT2D eigenvalue weighted by Crippen LogP contribution is -2.24. The summed E-state index contributed by atoms with van der Waals surface area (Å²) in [7, 11) is 0. The molecule has 0 heterocycles. The van der Waals surface area contributed by atoms with Gasteiger partial charge in [-0.05, 0) is 49.2 Å². The normalized spacial score (nSPS) is 32.6. The lowest BCUT2D eigenvalue weighted by Gasteiger charge is -2.37. The summed E-state index contributed by atoms with van der Waals surface area (Å²) in [5, 5.41) is 8.82. The molecule has 0 bridgehead atoms. The number of hydrogen-bond donors (Lipinski definition) is 0. The fraction of sp³-hybridized carbons (Fsp3) is 0.583. The first-order valence-electron chi connectivity index (χ1n) is 5.06. The molecule has 68 valence electrons. The van der Waals surface area contributed by atoms with Crippen LogP contribution in [0.2, 0.25) is 0 Å². The number of allylic oxidation sites excluding steroid dienone is 4. The minimum Gasteiger partial charge on any atom is -0.193 e. The highest BCUT2D eigenvalue weighted by atomic mass is 14.4. The van der Waals surface area contributed by atoms with E-state index in [0.29, 0.717) is 5.41 Å².